The van der Waals surface area contributed by atoms with Crippen molar-refractivity contribution in [1.29, 1.82) is 0 Å². The minimum atomic E-state index is -0.612. The second kappa shape index (κ2) is 5.25. The number of benzene rings is 3. The van der Waals surface area contributed by atoms with Crippen molar-refractivity contribution in [2.75, 3.05) is 13.2 Å². The molecule has 1 heterocycles. The van der Waals surface area contributed by atoms with Crippen molar-refractivity contribution in [3.63, 3.8) is 0 Å². The third-order valence-corrected chi connectivity index (χ3v) is 5.16. The predicted octanol–water partition coefficient (Wildman–Crippen LogP) is 3.83. The molecular weight excluding hydrogens is 300 g/mol. The highest BCUT2D eigenvalue weighted by Crippen LogP contribution is 2.47. The van der Waals surface area contributed by atoms with Crippen LogP contribution in [-0.4, -0.2) is 23.4 Å². The number of hydrogen-bond acceptors (Lipinski definition) is 3. The monoisotopic (exact) mass is 320 g/mol. The SMILES string of the molecule is Cc1cc(C2(CO)COc3ccc4ccccc4c32)cc(C)c1O. The van der Waals surface area contributed by atoms with Gasteiger partial charge in [-0.15, -0.1) is 0 Å². The molecule has 1 unspecified atom stereocenters. The molecule has 0 aliphatic carbocycles. The number of aliphatic hydroxyl groups is 1. The van der Waals surface area contributed by atoms with Gasteiger partial charge in [0.25, 0.3) is 0 Å². The Kier molecular flexibility index (Phi) is 3.29. The largest absolute Gasteiger partial charge is 0.507 e. The molecule has 0 saturated heterocycles. The van der Waals surface area contributed by atoms with Crippen LogP contribution >= 0.6 is 0 Å². The van der Waals surface area contributed by atoms with E-state index in [0.717, 1.165) is 38.8 Å². The summed E-state index contributed by atoms with van der Waals surface area (Å²) < 4.78 is 5.96. The van der Waals surface area contributed by atoms with Crippen molar-refractivity contribution in [1.82, 2.24) is 0 Å². The van der Waals surface area contributed by atoms with Gasteiger partial charge in [-0.2, -0.15) is 0 Å². The van der Waals surface area contributed by atoms with E-state index in [1.165, 1.54) is 0 Å². The summed E-state index contributed by atoms with van der Waals surface area (Å²) in [5.41, 5.74) is 3.03. The van der Waals surface area contributed by atoms with Gasteiger partial charge >= 0.3 is 0 Å². The van der Waals surface area contributed by atoms with Gasteiger partial charge in [0.2, 0.25) is 0 Å². The van der Waals surface area contributed by atoms with E-state index in [1.54, 1.807) is 0 Å². The van der Waals surface area contributed by atoms with Gasteiger partial charge in [0.05, 0.1) is 12.0 Å². The average Bonchev–Trinajstić information content (AvgIpc) is 2.99. The first-order valence-corrected chi connectivity index (χ1v) is 8.13. The Morgan fingerprint density at radius 3 is 2.46 bits per heavy atom. The van der Waals surface area contributed by atoms with Crippen LogP contribution in [0.25, 0.3) is 10.8 Å². The van der Waals surface area contributed by atoms with Gasteiger partial charge in [-0.25, -0.2) is 0 Å². The minimum Gasteiger partial charge on any atom is -0.507 e. The van der Waals surface area contributed by atoms with Gasteiger partial charge in [0.15, 0.2) is 0 Å². The zero-order valence-corrected chi connectivity index (χ0v) is 13.8. The number of aryl methyl sites for hydroxylation is 2. The molecule has 1 aliphatic heterocycles. The number of rotatable bonds is 2. The number of ether oxygens (including phenoxy) is 1. The summed E-state index contributed by atoms with van der Waals surface area (Å²) in [6, 6.07) is 16.1. The third-order valence-electron chi connectivity index (χ3n) is 5.16. The summed E-state index contributed by atoms with van der Waals surface area (Å²) >= 11 is 0. The molecular formula is C21H20O3. The van der Waals surface area contributed by atoms with E-state index in [0.29, 0.717) is 12.4 Å². The highest BCUT2D eigenvalue weighted by atomic mass is 16.5. The van der Waals surface area contributed by atoms with Gasteiger partial charge in [0, 0.05) is 5.56 Å². The molecule has 3 aromatic carbocycles. The van der Waals surface area contributed by atoms with Gasteiger partial charge in [-0.1, -0.05) is 42.5 Å². The summed E-state index contributed by atoms with van der Waals surface area (Å²) in [6.07, 6.45) is 0. The number of phenols is 1. The summed E-state index contributed by atoms with van der Waals surface area (Å²) in [5, 5.41) is 22.7. The second-order valence-corrected chi connectivity index (χ2v) is 6.65. The maximum Gasteiger partial charge on any atom is 0.124 e. The maximum absolute atomic E-state index is 10.4. The zero-order chi connectivity index (χ0) is 16.9. The second-order valence-electron chi connectivity index (χ2n) is 6.65. The molecule has 3 nitrogen and oxygen atoms in total. The van der Waals surface area contributed by atoms with Crippen LogP contribution in [0.5, 0.6) is 11.5 Å². The summed E-state index contributed by atoms with van der Waals surface area (Å²) in [7, 11) is 0. The summed E-state index contributed by atoms with van der Waals surface area (Å²) in [4.78, 5) is 0. The molecule has 0 amide bonds. The molecule has 2 N–H and O–H groups in total. The Bertz CT molecular complexity index is 922. The lowest BCUT2D eigenvalue weighted by atomic mass is 9.74. The number of aliphatic hydroxyl groups excluding tert-OH is 1. The lowest BCUT2D eigenvalue weighted by Crippen LogP contribution is -2.34. The van der Waals surface area contributed by atoms with Gasteiger partial charge in [0.1, 0.15) is 18.1 Å². The van der Waals surface area contributed by atoms with Crippen LogP contribution in [-0.2, 0) is 5.41 Å². The smallest absolute Gasteiger partial charge is 0.124 e. The molecule has 3 heteroatoms. The van der Waals surface area contributed by atoms with E-state index < -0.39 is 5.41 Å². The number of hydrogen-bond donors (Lipinski definition) is 2. The highest BCUT2D eigenvalue weighted by Gasteiger charge is 2.43. The summed E-state index contributed by atoms with van der Waals surface area (Å²) in [5.74, 6) is 1.13. The molecule has 0 fully saturated rings. The van der Waals surface area contributed by atoms with E-state index in [2.05, 4.69) is 18.2 Å². The van der Waals surface area contributed by atoms with Crippen LogP contribution < -0.4 is 4.74 Å². The van der Waals surface area contributed by atoms with E-state index in [-0.39, 0.29) is 6.61 Å². The third kappa shape index (κ3) is 1.95. The number of fused-ring (bicyclic) bond motifs is 3. The molecule has 4 rings (SSSR count). The topological polar surface area (TPSA) is 49.7 Å². The van der Waals surface area contributed by atoms with E-state index in [4.69, 9.17) is 4.74 Å². The van der Waals surface area contributed by atoms with E-state index >= 15 is 0 Å². The van der Waals surface area contributed by atoms with Crippen molar-refractivity contribution in [2.45, 2.75) is 19.3 Å². The van der Waals surface area contributed by atoms with Crippen molar-refractivity contribution in [2.24, 2.45) is 0 Å². The first kappa shape index (κ1) is 15.0. The van der Waals surface area contributed by atoms with Crippen LogP contribution in [0.1, 0.15) is 22.3 Å². The Hall–Kier alpha value is -2.52. The molecule has 3 aromatic rings. The maximum atomic E-state index is 10.4. The fourth-order valence-electron chi connectivity index (χ4n) is 3.81. The zero-order valence-electron chi connectivity index (χ0n) is 13.8. The standard InChI is InChI=1S/C21H20O3/c1-13-9-16(10-14(2)20(13)23)21(11-22)12-24-18-8-7-15-5-3-4-6-17(15)19(18)21/h3-10,22-23H,11-12H2,1-2H3. The first-order chi connectivity index (χ1) is 11.6. The molecule has 1 aliphatic rings. The Morgan fingerprint density at radius 1 is 1.04 bits per heavy atom. The van der Waals surface area contributed by atoms with Crippen molar-refractivity contribution in [3.8, 4) is 11.5 Å². The van der Waals surface area contributed by atoms with Gasteiger partial charge in [-0.05, 0) is 47.4 Å². The normalized spacial score (nSPS) is 19.3. The molecule has 24 heavy (non-hydrogen) atoms. The van der Waals surface area contributed by atoms with E-state index in [1.807, 2.05) is 44.2 Å². The van der Waals surface area contributed by atoms with Crippen molar-refractivity contribution in [3.05, 3.63) is 70.8 Å². The molecule has 122 valence electrons. The highest BCUT2D eigenvalue weighted by molar-refractivity contribution is 5.90. The molecule has 0 aromatic heterocycles. The Morgan fingerprint density at radius 2 is 1.75 bits per heavy atom. The first-order valence-electron chi connectivity index (χ1n) is 8.13. The Labute approximate surface area is 141 Å². The molecule has 0 bridgehead atoms. The number of phenolic OH excluding ortho intramolecular Hbond substituents is 1. The van der Waals surface area contributed by atoms with Crippen molar-refractivity contribution >= 4 is 10.8 Å². The van der Waals surface area contributed by atoms with Gasteiger partial charge < -0.3 is 14.9 Å². The fourth-order valence-corrected chi connectivity index (χ4v) is 3.81. The van der Waals surface area contributed by atoms with E-state index in [9.17, 15) is 10.2 Å². The molecule has 0 radical (unpaired) electrons. The average molecular weight is 320 g/mol. The van der Waals surface area contributed by atoms with Crippen LogP contribution in [0.15, 0.2) is 48.5 Å². The summed E-state index contributed by atoms with van der Waals surface area (Å²) in [6.45, 7) is 4.13. The quantitative estimate of drug-likeness (QED) is 0.754. The van der Waals surface area contributed by atoms with Crippen LogP contribution in [0.3, 0.4) is 0 Å². The van der Waals surface area contributed by atoms with Crippen LogP contribution in [0.4, 0.5) is 0 Å². The lowest BCUT2D eigenvalue weighted by molar-refractivity contribution is 0.185. The predicted molar refractivity (Wildman–Crippen MR) is 94.9 cm³/mol. The minimum absolute atomic E-state index is 0.0440. The number of aromatic hydroxyl groups is 1. The van der Waals surface area contributed by atoms with Gasteiger partial charge in [-0.3, -0.25) is 0 Å². The fraction of sp³-hybridized carbons (Fsp3) is 0.238. The molecule has 0 spiro atoms. The molecule has 0 saturated carbocycles. The molecule has 1 atom stereocenters. The van der Waals surface area contributed by atoms with Crippen molar-refractivity contribution < 1.29 is 14.9 Å². The Balaban J connectivity index is 2.04. The van der Waals surface area contributed by atoms with Crippen LogP contribution in [0.2, 0.25) is 0 Å². The van der Waals surface area contributed by atoms with Crippen LogP contribution in [0, 0.1) is 13.8 Å². The lowest BCUT2D eigenvalue weighted by Gasteiger charge is -2.28.